The largest absolute Gasteiger partial charge is 0.493 e. The Morgan fingerprint density at radius 2 is 2.40 bits per heavy atom. The number of ether oxygens (including phenoxy) is 1. The fourth-order valence-electron chi connectivity index (χ4n) is 2.53. The molecule has 1 aliphatic heterocycles. The molecular formula is C14H20ClN3O2. The van der Waals surface area contributed by atoms with Gasteiger partial charge in [-0.15, -0.1) is 0 Å². The van der Waals surface area contributed by atoms with E-state index < -0.39 is 0 Å². The lowest BCUT2D eigenvalue weighted by Gasteiger charge is -2.19. The molecule has 0 bridgehead atoms. The molecule has 1 heterocycles. The van der Waals surface area contributed by atoms with Crippen LogP contribution in [0.25, 0.3) is 0 Å². The Morgan fingerprint density at radius 3 is 3.05 bits per heavy atom. The summed E-state index contributed by atoms with van der Waals surface area (Å²) < 4.78 is 5.77. The second-order valence-corrected chi connectivity index (χ2v) is 5.48. The van der Waals surface area contributed by atoms with Crippen molar-refractivity contribution >= 4 is 17.4 Å². The summed E-state index contributed by atoms with van der Waals surface area (Å²) in [4.78, 5) is 2.36. The average Bonchev–Trinajstić information content (AvgIpc) is 2.85. The number of amidine groups is 1. The number of oxime groups is 1. The number of rotatable bonds is 5. The van der Waals surface area contributed by atoms with Gasteiger partial charge in [0.05, 0.1) is 12.2 Å². The monoisotopic (exact) mass is 297 g/mol. The van der Waals surface area contributed by atoms with Gasteiger partial charge in [0.25, 0.3) is 0 Å². The van der Waals surface area contributed by atoms with Crippen molar-refractivity contribution in [2.75, 3.05) is 20.2 Å². The first-order valence-electron chi connectivity index (χ1n) is 6.72. The predicted octanol–water partition coefficient (Wildman–Crippen LogP) is 2.30. The molecule has 20 heavy (non-hydrogen) atoms. The number of halogens is 1. The summed E-state index contributed by atoms with van der Waals surface area (Å²) in [6.07, 6.45) is 3.43. The molecule has 1 saturated heterocycles. The van der Waals surface area contributed by atoms with Crippen LogP contribution in [0.3, 0.4) is 0 Å². The van der Waals surface area contributed by atoms with Gasteiger partial charge < -0.3 is 20.6 Å². The molecule has 0 spiro atoms. The van der Waals surface area contributed by atoms with Gasteiger partial charge in [-0.3, -0.25) is 0 Å². The van der Waals surface area contributed by atoms with Crippen LogP contribution in [0.15, 0.2) is 23.4 Å². The van der Waals surface area contributed by atoms with Crippen molar-refractivity contribution in [1.82, 2.24) is 4.90 Å². The van der Waals surface area contributed by atoms with E-state index in [1.807, 2.05) is 0 Å². The zero-order valence-corrected chi connectivity index (χ0v) is 12.3. The normalized spacial score (nSPS) is 20.3. The fraction of sp³-hybridized carbons (Fsp3) is 0.500. The van der Waals surface area contributed by atoms with E-state index in [1.165, 1.54) is 12.8 Å². The molecule has 1 aliphatic rings. The molecule has 6 heteroatoms. The van der Waals surface area contributed by atoms with Crippen LogP contribution in [-0.4, -0.2) is 42.2 Å². The summed E-state index contributed by atoms with van der Waals surface area (Å²) in [7, 11) is 2.14. The van der Waals surface area contributed by atoms with Crippen molar-refractivity contribution in [3.63, 3.8) is 0 Å². The van der Waals surface area contributed by atoms with Gasteiger partial charge in [0.15, 0.2) is 5.84 Å². The molecule has 110 valence electrons. The molecule has 1 aromatic carbocycles. The quantitative estimate of drug-likeness (QED) is 0.379. The maximum atomic E-state index is 8.79. The average molecular weight is 298 g/mol. The predicted molar refractivity (Wildman–Crippen MR) is 79.7 cm³/mol. The third-order valence-electron chi connectivity index (χ3n) is 3.71. The number of nitrogens with two attached hydrogens (primary N) is 1. The van der Waals surface area contributed by atoms with Gasteiger partial charge in [0.1, 0.15) is 5.75 Å². The van der Waals surface area contributed by atoms with E-state index in [4.69, 9.17) is 27.3 Å². The highest BCUT2D eigenvalue weighted by atomic mass is 35.5. The van der Waals surface area contributed by atoms with E-state index in [0.717, 1.165) is 13.0 Å². The smallest absolute Gasteiger partial charge is 0.173 e. The number of hydrogen-bond acceptors (Lipinski definition) is 4. The maximum Gasteiger partial charge on any atom is 0.173 e. The SMILES string of the molecule is CN1CCCC1CCOc1ccc(Cl)cc1C(N)=NO. The van der Waals surface area contributed by atoms with Gasteiger partial charge in [-0.2, -0.15) is 0 Å². The molecule has 0 radical (unpaired) electrons. The van der Waals surface area contributed by atoms with E-state index in [0.29, 0.717) is 29.0 Å². The van der Waals surface area contributed by atoms with Gasteiger partial charge in [0, 0.05) is 11.1 Å². The van der Waals surface area contributed by atoms with Gasteiger partial charge in [0.2, 0.25) is 0 Å². The van der Waals surface area contributed by atoms with Crippen LogP contribution in [0, 0.1) is 0 Å². The van der Waals surface area contributed by atoms with Crippen LogP contribution >= 0.6 is 11.6 Å². The molecule has 0 aromatic heterocycles. The topological polar surface area (TPSA) is 71.1 Å². The lowest BCUT2D eigenvalue weighted by molar-refractivity contribution is 0.233. The number of likely N-dealkylation sites (tertiary alicyclic amines) is 1. The van der Waals surface area contributed by atoms with E-state index in [2.05, 4.69) is 17.1 Å². The van der Waals surface area contributed by atoms with Gasteiger partial charge in [-0.25, -0.2) is 0 Å². The standard InChI is InChI=1S/C14H20ClN3O2/c1-18-7-2-3-11(18)6-8-20-13-5-4-10(15)9-12(13)14(16)17-19/h4-5,9,11,19H,2-3,6-8H2,1H3,(H2,16,17). The first-order chi connectivity index (χ1) is 9.61. The van der Waals surface area contributed by atoms with E-state index in [9.17, 15) is 0 Å². The third-order valence-corrected chi connectivity index (χ3v) is 3.94. The van der Waals surface area contributed by atoms with E-state index in [-0.39, 0.29) is 5.84 Å². The van der Waals surface area contributed by atoms with Crippen LogP contribution in [-0.2, 0) is 0 Å². The molecule has 1 aromatic rings. The van der Waals surface area contributed by atoms with E-state index in [1.54, 1.807) is 18.2 Å². The molecule has 5 nitrogen and oxygen atoms in total. The van der Waals surface area contributed by atoms with Crippen molar-refractivity contribution in [2.24, 2.45) is 10.9 Å². The van der Waals surface area contributed by atoms with Crippen molar-refractivity contribution in [2.45, 2.75) is 25.3 Å². The molecule has 1 atom stereocenters. The summed E-state index contributed by atoms with van der Waals surface area (Å²) in [5.74, 6) is 0.589. The highest BCUT2D eigenvalue weighted by Gasteiger charge is 2.20. The first kappa shape index (κ1) is 14.9. The van der Waals surface area contributed by atoms with Crippen LogP contribution in [0.4, 0.5) is 0 Å². The number of hydrogen-bond donors (Lipinski definition) is 2. The molecule has 2 rings (SSSR count). The lowest BCUT2D eigenvalue weighted by Crippen LogP contribution is -2.26. The van der Waals surface area contributed by atoms with E-state index >= 15 is 0 Å². The second kappa shape index (κ2) is 6.81. The Bertz CT molecular complexity index is 493. The molecule has 3 N–H and O–H groups in total. The van der Waals surface area contributed by atoms with Crippen molar-refractivity contribution in [3.8, 4) is 5.75 Å². The van der Waals surface area contributed by atoms with Crippen LogP contribution in [0.2, 0.25) is 5.02 Å². The lowest BCUT2D eigenvalue weighted by atomic mass is 10.1. The molecule has 0 amide bonds. The Labute approximate surface area is 124 Å². The minimum Gasteiger partial charge on any atom is -0.493 e. The molecule has 1 unspecified atom stereocenters. The Morgan fingerprint density at radius 1 is 1.60 bits per heavy atom. The third kappa shape index (κ3) is 3.55. The van der Waals surface area contributed by atoms with Gasteiger partial charge >= 0.3 is 0 Å². The van der Waals surface area contributed by atoms with Crippen LogP contribution < -0.4 is 10.5 Å². The van der Waals surface area contributed by atoms with Crippen molar-refractivity contribution in [1.29, 1.82) is 0 Å². The fourth-order valence-corrected chi connectivity index (χ4v) is 2.70. The van der Waals surface area contributed by atoms with Crippen molar-refractivity contribution in [3.05, 3.63) is 28.8 Å². The summed E-state index contributed by atoms with van der Waals surface area (Å²) in [6.45, 7) is 1.75. The summed E-state index contributed by atoms with van der Waals surface area (Å²) in [5, 5.41) is 12.3. The van der Waals surface area contributed by atoms with Crippen molar-refractivity contribution < 1.29 is 9.94 Å². The minimum atomic E-state index is 0.000449. The summed E-state index contributed by atoms with van der Waals surface area (Å²) in [5.41, 5.74) is 6.15. The zero-order chi connectivity index (χ0) is 14.5. The second-order valence-electron chi connectivity index (χ2n) is 5.04. The maximum absolute atomic E-state index is 8.79. The number of benzene rings is 1. The first-order valence-corrected chi connectivity index (χ1v) is 7.10. The highest BCUT2D eigenvalue weighted by molar-refractivity contribution is 6.31. The number of nitrogens with zero attached hydrogens (tertiary/aromatic N) is 2. The zero-order valence-electron chi connectivity index (χ0n) is 11.6. The van der Waals surface area contributed by atoms with Gasteiger partial charge in [-0.1, -0.05) is 16.8 Å². The van der Waals surface area contributed by atoms with Crippen LogP contribution in [0.5, 0.6) is 5.75 Å². The van der Waals surface area contributed by atoms with Gasteiger partial charge in [-0.05, 0) is 51.1 Å². The summed E-state index contributed by atoms with van der Waals surface area (Å²) in [6, 6.07) is 5.68. The highest BCUT2D eigenvalue weighted by Crippen LogP contribution is 2.24. The molecular weight excluding hydrogens is 278 g/mol. The molecule has 0 aliphatic carbocycles. The Hall–Kier alpha value is -1.46. The van der Waals surface area contributed by atoms with Crippen LogP contribution in [0.1, 0.15) is 24.8 Å². The molecule has 0 saturated carbocycles. The minimum absolute atomic E-state index is 0.000449. The summed E-state index contributed by atoms with van der Waals surface area (Å²) >= 11 is 5.92. The Balaban J connectivity index is 1.98. The molecule has 1 fully saturated rings. The Kier molecular flexibility index (Phi) is 5.09.